The Hall–Kier alpha value is -2.65. The Balaban J connectivity index is 1.97. The second-order valence-corrected chi connectivity index (χ2v) is 6.46. The van der Waals surface area contributed by atoms with E-state index in [0.717, 1.165) is 12.8 Å². The van der Waals surface area contributed by atoms with E-state index in [4.69, 9.17) is 4.74 Å². The zero-order chi connectivity index (χ0) is 21.3. The van der Waals surface area contributed by atoms with Gasteiger partial charge in [0.2, 0.25) is 0 Å². The van der Waals surface area contributed by atoms with E-state index in [1.807, 2.05) is 6.92 Å². The number of rotatable bonds is 6. The molecule has 1 aromatic rings. The molecular formula is C19H27F3N4O3. The number of hydrogen-bond acceptors (Lipinski definition) is 4. The molecule has 0 saturated carbocycles. The Morgan fingerprint density at radius 2 is 1.93 bits per heavy atom. The van der Waals surface area contributed by atoms with Crippen LogP contribution in [0.15, 0.2) is 29.3 Å². The van der Waals surface area contributed by atoms with Gasteiger partial charge in [-0.25, -0.2) is 9.79 Å². The number of nitrogens with one attached hydrogen (secondary N) is 2. The summed E-state index contributed by atoms with van der Waals surface area (Å²) in [6.45, 7) is 5.78. The molecule has 0 unspecified atom stereocenters. The van der Waals surface area contributed by atoms with Crippen molar-refractivity contribution in [3.05, 3.63) is 29.8 Å². The van der Waals surface area contributed by atoms with Gasteiger partial charge in [-0.3, -0.25) is 0 Å². The monoisotopic (exact) mass is 416 g/mol. The van der Waals surface area contributed by atoms with Crippen LogP contribution in [0.25, 0.3) is 0 Å². The van der Waals surface area contributed by atoms with Crippen molar-refractivity contribution >= 4 is 12.1 Å². The Labute approximate surface area is 168 Å². The number of piperidine rings is 1. The van der Waals surface area contributed by atoms with Gasteiger partial charge in [-0.05, 0) is 32.8 Å². The zero-order valence-electron chi connectivity index (χ0n) is 16.6. The van der Waals surface area contributed by atoms with Gasteiger partial charge in [-0.1, -0.05) is 18.2 Å². The molecule has 0 atom stereocenters. The van der Waals surface area contributed by atoms with E-state index < -0.39 is 6.36 Å². The summed E-state index contributed by atoms with van der Waals surface area (Å²) in [6.07, 6.45) is -3.63. The number of halogens is 3. The van der Waals surface area contributed by atoms with Gasteiger partial charge < -0.3 is 25.0 Å². The molecule has 0 spiro atoms. The molecule has 0 bridgehead atoms. The second-order valence-electron chi connectivity index (χ2n) is 6.46. The summed E-state index contributed by atoms with van der Waals surface area (Å²) in [4.78, 5) is 17.8. The SMILES string of the molecule is CCNC(=NCc1ccccc1OC(F)(F)F)NC1CCN(C(=O)OCC)CC1. The number of guanidine groups is 1. The molecule has 10 heteroatoms. The smallest absolute Gasteiger partial charge is 0.450 e. The minimum absolute atomic E-state index is 0.0310. The average molecular weight is 416 g/mol. The first-order valence-electron chi connectivity index (χ1n) is 9.62. The van der Waals surface area contributed by atoms with Gasteiger partial charge in [0, 0.05) is 31.2 Å². The topological polar surface area (TPSA) is 75.2 Å². The Morgan fingerprint density at radius 1 is 1.24 bits per heavy atom. The standard InChI is InChI=1S/C19H27F3N4O3/c1-3-23-17(25-15-9-11-26(12-10-15)18(27)28-4-2)24-13-14-7-5-6-8-16(14)29-19(20,21)22/h5-8,15H,3-4,9-13H2,1-2H3,(H2,23,24,25). The van der Waals surface area contributed by atoms with Crippen molar-refractivity contribution in [2.24, 2.45) is 4.99 Å². The van der Waals surface area contributed by atoms with Crippen LogP contribution in [0.5, 0.6) is 5.75 Å². The number of carbonyl (C=O) groups excluding carboxylic acids is 1. The number of hydrogen-bond donors (Lipinski definition) is 2. The minimum Gasteiger partial charge on any atom is -0.450 e. The number of benzene rings is 1. The van der Waals surface area contributed by atoms with Crippen molar-refractivity contribution in [3.8, 4) is 5.75 Å². The molecule has 162 valence electrons. The van der Waals surface area contributed by atoms with Gasteiger partial charge in [-0.2, -0.15) is 0 Å². The lowest BCUT2D eigenvalue weighted by Gasteiger charge is -2.32. The number of carbonyl (C=O) groups is 1. The predicted molar refractivity (Wildman–Crippen MR) is 103 cm³/mol. The molecule has 7 nitrogen and oxygen atoms in total. The highest BCUT2D eigenvalue weighted by Crippen LogP contribution is 2.26. The number of aliphatic imine (C=N–C) groups is 1. The van der Waals surface area contributed by atoms with Crippen LogP contribution in [0.3, 0.4) is 0 Å². The fraction of sp³-hybridized carbons (Fsp3) is 0.579. The Bertz CT molecular complexity index is 690. The maximum atomic E-state index is 12.6. The van der Waals surface area contributed by atoms with Crippen LogP contribution in [-0.4, -0.2) is 55.6 Å². The van der Waals surface area contributed by atoms with Gasteiger partial charge in [-0.15, -0.1) is 13.2 Å². The van der Waals surface area contributed by atoms with Gasteiger partial charge in [0.1, 0.15) is 5.75 Å². The van der Waals surface area contributed by atoms with E-state index in [1.54, 1.807) is 24.0 Å². The number of alkyl halides is 3. The first-order valence-corrected chi connectivity index (χ1v) is 9.62. The van der Waals surface area contributed by atoms with Gasteiger partial charge in [0.25, 0.3) is 0 Å². The average Bonchev–Trinajstić information content (AvgIpc) is 2.67. The van der Waals surface area contributed by atoms with Crippen molar-refractivity contribution < 1.29 is 27.4 Å². The molecule has 2 N–H and O–H groups in total. The van der Waals surface area contributed by atoms with E-state index >= 15 is 0 Å². The molecule has 1 heterocycles. The van der Waals surface area contributed by atoms with Crippen molar-refractivity contribution in [2.45, 2.75) is 45.6 Å². The van der Waals surface area contributed by atoms with Crippen LogP contribution in [0.4, 0.5) is 18.0 Å². The van der Waals surface area contributed by atoms with Crippen LogP contribution in [0, 0.1) is 0 Å². The molecule has 1 saturated heterocycles. The van der Waals surface area contributed by atoms with Crippen molar-refractivity contribution in [3.63, 3.8) is 0 Å². The van der Waals surface area contributed by atoms with E-state index in [1.165, 1.54) is 12.1 Å². The molecule has 1 aromatic carbocycles. The van der Waals surface area contributed by atoms with Crippen LogP contribution < -0.4 is 15.4 Å². The third-order valence-corrected chi connectivity index (χ3v) is 4.31. The van der Waals surface area contributed by atoms with Crippen LogP contribution >= 0.6 is 0 Å². The highest BCUT2D eigenvalue weighted by molar-refractivity contribution is 5.80. The summed E-state index contributed by atoms with van der Waals surface area (Å²) in [5.74, 6) is 0.242. The number of para-hydroxylation sites is 1. The van der Waals surface area contributed by atoms with Crippen LogP contribution in [0.1, 0.15) is 32.3 Å². The molecule has 1 fully saturated rings. The van der Waals surface area contributed by atoms with Gasteiger partial charge >= 0.3 is 12.5 Å². The predicted octanol–water partition coefficient (Wildman–Crippen LogP) is 3.26. The van der Waals surface area contributed by atoms with Gasteiger partial charge in [0.05, 0.1) is 13.2 Å². The molecule has 29 heavy (non-hydrogen) atoms. The summed E-state index contributed by atoms with van der Waals surface area (Å²) in [5.41, 5.74) is 0.333. The highest BCUT2D eigenvalue weighted by Gasteiger charge is 2.32. The lowest BCUT2D eigenvalue weighted by atomic mass is 10.1. The number of ether oxygens (including phenoxy) is 2. The summed E-state index contributed by atoms with van der Waals surface area (Å²) in [6, 6.07) is 6.03. The van der Waals surface area contributed by atoms with Crippen LogP contribution in [-0.2, 0) is 11.3 Å². The Morgan fingerprint density at radius 3 is 2.55 bits per heavy atom. The quantitative estimate of drug-likeness (QED) is 0.550. The van der Waals surface area contributed by atoms with E-state index in [9.17, 15) is 18.0 Å². The Kier molecular flexibility index (Phi) is 8.41. The first kappa shape index (κ1) is 22.6. The van der Waals surface area contributed by atoms with E-state index in [2.05, 4.69) is 20.4 Å². The van der Waals surface area contributed by atoms with E-state index in [-0.39, 0.29) is 24.4 Å². The lowest BCUT2D eigenvalue weighted by molar-refractivity contribution is -0.274. The van der Waals surface area contributed by atoms with Crippen molar-refractivity contribution in [1.82, 2.24) is 15.5 Å². The summed E-state index contributed by atoms with van der Waals surface area (Å²) < 4.78 is 46.8. The molecule has 2 rings (SSSR count). The number of amides is 1. The molecule has 1 aliphatic rings. The number of nitrogens with zero attached hydrogens (tertiary/aromatic N) is 2. The lowest BCUT2D eigenvalue weighted by Crippen LogP contribution is -2.49. The van der Waals surface area contributed by atoms with Crippen LogP contribution in [0.2, 0.25) is 0 Å². The molecule has 0 aliphatic carbocycles. The summed E-state index contributed by atoms with van der Waals surface area (Å²) in [5, 5.41) is 6.38. The normalized spacial score (nSPS) is 15.8. The third-order valence-electron chi connectivity index (χ3n) is 4.31. The first-order chi connectivity index (χ1) is 13.8. The van der Waals surface area contributed by atoms with Crippen molar-refractivity contribution in [2.75, 3.05) is 26.2 Å². The van der Waals surface area contributed by atoms with Gasteiger partial charge in [0.15, 0.2) is 5.96 Å². The van der Waals surface area contributed by atoms with E-state index in [0.29, 0.717) is 37.8 Å². The fourth-order valence-corrected chi connectivity index (χ4v) is 2.96. The zero-order valence-corrected chi connectivity index (χ0v) is 16.6. The second kappa shape index (κ2) is 10.8. The summed E-state index contributed by atoms with van der Waals surface area (Å²) >= 11 is 0. The number of likely N-dealkylation sites (tertiary alicyclic amines) is 1. The minimum atomic E-state index is -4.75. The molecule has 1 aliphatic heterocycles. The largest absolute Gasteiger partial charge is 0.573 e. The van der Waals surface area contributed by atoms with Crippen molar-refractivity contribution in [1.29, 1.82) is 0 Å². The molecule has 0 aromatic heterocycles. The molecule has 1 amide bonds. The maximum absolute atomic E-state index is 12.6. The fourth-order valence-electron chi connectivity index (χ4n) is 2.96. The highest BCUT2D eigenvalue weighted by atomic mass is 19.4. The molecular weight excluding hydrogens is 389 g/mol. The summed E-state index contributed by atoms with van der Waals surface area (Å²) in [7, 11) is 0. The third kappa shape index (κ3) is 7.71. The molecule has 0 radical (unpaired) electrons. The maximum Gasteiger partial charge on any atom is 0.573 e.